The van der Waals surface area contributed by atoms with E-state index in [0.29, 0.717) is 23.4 Å². The number of likely N-dealkylation sites (tertiary alicyclic amines) is 1. The first-order valence-corrected chi connectivity index (χ1v) is 17.7. The van der Waals surface area contributed by atoms with Crippen molar-refractivity contribution in [2.75, 3.05) is 38.3 Å². The third-order valence-electron chi connectivity index (χ3n) is 9.28. The molecule has 2 aromatic heterocycles. The number of piperidine rings is 1. The number of hydrogen-bond donors (Lipinski definition) is 1. The van der Waals surface area contributed by atoms with Crippen molar-refractivity contribution in [2.24, 2.45) is 0 Å². The van der Waals surface area contributed by atoms with E-state index < -0.39 is 108 Å². The first-order chi connectivity index (χ1) is 26.6. The molecule has 2 atom stereocenters. The number of hydrogen-bond acceptors (Lipinski definition) is 9. The molecule has 0 aliphatic carbocycles. The largest absolute Gasteiger partial charge is 0.444 e. The molecule has 4 heterocycles. The van der Waals surface area contributed by atoms with Gasteiger partial charge in [0.15, 0.2) is 0 Å². The quantitative estimate of drug-likeness (QED) is 0.168. The zero-order valence-electron chi connectivity index (χ0n) is 31.1. The predicted octanol–water partition coefficient (Wildman–Crippen LogP) is 7.95. The Morgan fingerprint density at radius 3 is 2.37 bits per heavy atom. The Hall–Kier alpha value is -5.17. The molecule has 1 fully saturated rings. The van der Waals surface area contributed by atoms with Gasteiger partial charge in [-0.15, -0.1) is 10.2 Å². The normalized spacial score (nSPS) is 19.9. The van der Waals surface area contributed by atoms with Crippen LogP contribution in [0.15, 0.2) is 59.1 Å². The summed E-state index contributed by atoms with van der Waals surface area (Å²) in [5.74, 6) is -11.0. The number of alkyl halides is 7. The van der Waals surface area contributed by atoms with Crippen molar-refractivity contribution in [3.05, 3.63) is 83.1 Å². The molecule has 11 nitrogen and oxygen atoms in total. The fourth-order valence-electron chi connectivity index (χ4n) is 6.68. The Bertz CT molecular complexity index is 2090. The van der Waals surface area contributed by atoms with Crippen molar-refractivity contribution in [1.29, 1.82) is 0 Å². The average molecular weight is 811 g/mol. The van der Waals surface area contributed by atoms with Gasteiger partial charge >= 0.3 is 12.3 Å². The van der Waals surface area contributed by atoms with E-state index in [4.69, 9.17) is 13.9 Å². The molecule has 0 saturated carbocycles. The SMILES string of the molecule is COCCN1CC(c2nnc(-c3cc4c(cc3F)C(F)(F)C[C@H](NC(=O)OC(C)(C)C)C(=O)N4Cc3ccc(-c4ccc(C(F)(F)F)cn4)cc3)o2)CC(F)(F)C1. The van der Waals surface area contributed by atoms with Crippen LogP contribution < -0.4 is 10.2 Å². The summed E-state index contributed by atoms with van der Waals surface area (Å²) < 4.78 is 133. The minimum absolute atomic E-state index is 0.0987. The van der Waals surface area contributed by atoms with Gasteiger partial charge in [0.2, 0.25) is 11.8 Å². The molecule has 1 N–H and O–H groups in total. The average Bonchev–Trinajstić information content (AvgIpc) is 3.59. The highest BCUT2D eigenvalue weighted by Crippen LogP contribution is 2.46. The molecule has 2 amide bonds. The van der Waals surface area contributed by atoms with Crippen LogP contribution in [0, 0.1) is 5.82 Å². The van der Waals surface area contributed by atoms with Crippen LogP contribution in [0.3, 0.4) is 0 Å². The van der Waals surface area contributed by atoms with Gasteiger partial charge in [0.05, 0.1) is 48.1 Å². The number of ether oxygens (including phenoxy) is 2. The van der Waals surface area contributed by atoms with Crippen molar-refractivity contribution in [2.45, 2.75) is 75.7 Å². The molecule has 57 heavy (non-hydrogen) atoms. The number of nitrogens with zero attached hydrogens (tertiary/aromatic N) is 5. The van der Waals surface area contributed by atoms with Gasteiger partial charge in [0.25, 0.3) is 17.7 Å². The van der Waals surface area contributed by atoms with E-state index in [1.54, 1.807) is 0 Å². The van der Waals surface area contributed by atoms with Gasteiger partial charge < -0.3 is 24.1 Å². The molecule has 306 valence electrons. The zero-order valence-corrected chi connectivity index (χ0v) is 31.1. The number of halogens is 8. The maximum absolute atomic E-state index is 16.1. The van der Waals surface area contributed by atoms with Crippen LogP contribution in [0.2, 0.25) is 0 Å². The number of rotatable bonds is 9. The molecule has 1 unspecified atom stereocenters. The number of nitrogens with one attached hydrogen (secondary N) is 1. The second kappa shape index (κ2) is 15.6. The Morgan fingerprint density at radius 1 is 1.02 bits per heavy atom. The molecule has 4 aromatic rings. The van der Waals surface area contributed by atoms with Gasteiger partial charge in [-0.3, -0.25) is 14.7 Å². The molecular weight excluding hydrogens is 772 g/mol. The van der Waals surface area contributed by atoms with Crippen LogP contribution in [0.5, 0.6) is 0 Å². The van der Waals surface area contributed by atoms with Crippen LogP contribution in [0.4, 0.5) is 45.6 Å². The van der Waals surface area contributed by atoms with Gasteiger partial charge in [0, 0.05) is 50.4 Å². The van der Waals surface area contributed by atoms with Crippen molar-refractivity contribution < 1.29 is 58.6 Å². The number of anilines is 1. The van der Waals surface area contributed by atoms with Crippen LogP contribution in [-0.2, 0) is 32.9 Å². The summed E-state index contributed by atoms with van der Waals surface area (Å²) in [6.07, 6.45) is -6.98. The number of benzene rings is 2. The Labute approximate surface area is 321 Å². The molecule has 6 rings (SSSR count). The lowest BCUT2D eigenvalue weighted by molar-refractivity contribution is -0.137. The molecule has 1 saturated heterocycles. The van der Waals surface area contributed by atoms with Gasteiger partial charge in [-0.2, -0.15) is 13.2 Å². The first kappa shape index (κ1) is 41.5. The fraction of sp³-hybridized carbons (Fsp3) is 0.447. The van der Waals surface area contributed by atoms with E-state index in [2.05, 4.69) is 20.5 Å². The van der Waals surface area contributed by atoms with Gasteiger partial charge in [-0.25, -0.2) is 26.7 Å². The van der Waals surface area contributed by atoms with E-state index in [1.165, 1.54) is 63.1 Å². The van der Waals surface area contributed by atoms with Crippen LogP contribution >= 0.6 is 0 Å². The molecule has 0 radical (unpaired) electrons. The number of aromatic nitrogens is 3. The number of carbonyl (C=O) groups excluding carboxylic acids is 2. The standard InChI is InChI=1S/C38H38F8N6O5/c1-35(2,3)57-34(54)48-29-16-37(42,43)26-14-27(39)25(32-50-49-31(56-32)23-15-36(40,41)20-51(19-23)11-12-55-4)13-30(26)52(33(29)53)18-21-5-7-22(8-6-21)28-10-9-24(17-47-28)38(44,45)46/h5-10,13-14,17,23,29H,11-12,15-16,18-20H2,1-4H3,(H,48,54)/t23?,29-/m0/s1. The highest BCUT2D eigenvalue weighted by atomic mass is 19.4. The molecule has 0 bridgehead atoms. The summed E-state index contributed by atoms with van der Waals surface area (Å²) in [4.78, 5) is 33.2. The third kappa shape index (κ3) is 9.69. The second-order valence-electron chi connectivity index (χ2n) is 14.9. The highest BCUT2D eigenvalue weighted by Gasteiger charge is 2.48. The van der Waals surface area contributed by atoms with Crippen LogP contribution in [0.1, 0.15) is 62.1 Å². The lowest BCUT2D eigenvalue weighted by Gasteiger charge is -2.36. The van der Waals surface area contributed by atoms with Crippen molar-refractivity contribution in [3.8, 4) is 22.7 Å². The smallest absolute Gasteiger partial charge is 0.417 e. The number of pyridine rings is 1. The minimum Gasteiger partial charge on any atom is -0.444 e. The van der Waals surface area contributed by atoms with E-state index in [1.807, 2.05) is 0 Å². The molecule has 2 aliphatic rings. The summed E-state index contributed by atoms with van der Waals surface area (Å²) in [7, 11) is 1.43. The fourth-order valence-corrected chi connectivity index (χ4v) is 6.68. The Kier molecular flexibility index (Phi) is 11.4. The van der Waals surface area contributed by atoms with Gasteiger partial charge in [-0.05, 0) is 50.6 Å². The number of alkyl carbamates (subject to hydrolysis) is 1. The first-order valence-electron chi connectivity index (χ1n) is 17.7. The van der Waals surface area contributed by atoms with Gasteiger partial charge in [-0.1, -0.05) is 24.3 Å². The topological polar surface area (TPSA) is 123 Å². The number of fused-ring (bicyclic) bond motifs is 1. The predicted molar refractivity (Wildman–Crippen MR) is 188 cm³/mol. The van der Waals surface area contributed by atoms with E-state index in [9.17, 15) is 31.5 Å². The molecule has 2 aromatic carbocycles. The van der Waals surface area contributed by atoms with E-state index in [-0.39, 0.29) is 31.3 Å². The maximum Gasteiger partial charge on any atom is 0.417 e. The van der Waals surface area contributed by atoms with E-state index in [0.717, 1.165) is 17.0 Å². The number of amides is 2. The lowest BCUT2D eigenvalue weighted by Crippen LogP contribution is -2.49. The number of methoxy groups -OCH3 is 1. The summed E-state index contributed by atoms with van der Waals surface area (Å²) >= 11 is 0. The van der Waals surface area contributed by atoms with E-state index >= 15 is 13.2 Å². The van der Waals surface area contributed by atoms with Crippen molar-refractivity contribution in [1.82, 2.24) is 25.4 Å². The molecule has 19 heteroatoms. The Morgan fingerprint density at radius 2 is 1.74 bits per heavy atom. The minimum atomic E-state index is -4.59. The lowest BCUT2D eigenvalue weighted by atomic mass is 9.95. The van der Waals surface area contributed by atoms with Gasteiger partial charge in [0.1, 0.15) is 17.5 Å². The third-order valence-corrected chi connectivity index (χ3v) is 9.28. The maximum atomic E-state index is 16.1. The summed E-state index contributed by atoms with van der Waals surface area (Å²) in [5.41, 5.74) is -2.93. The zero-order chi connectivity index (χ0) is 41.5. The number of carbonyl (C=O) groups is 2. The summed E-state index contributed by atoms with van der Waals surface area (Å²) in [6.45, 7) is 4.15. The second-order valence-corrected chi connectivity index (χ2v) is 14.9. The van der Waals surface area contributed by atoms with Crippen molar-refractivity contribution >= 4 is 17.7 Å². The van der Waals surface area contributed by atoms with Crippen LogP contribution in [-0.4, -0.2) is 83.0 Å². The monoisotopic (exact) mass is 810 g/mol. The van der Waals surface area contributed by atoms with Crippen LogP contribution in [0.25, 0.3) is 22.7 Å². The summed E-state index contributed by atoms with van der Waals surface area (Å²) in [5, 5.41) is 9.97. The van der Waals surface area contributed by atoms with Crippen molar-refractivity contribution in [3.63, 3.8) is 0 Å². The Balaban J connectivity index is 1.36. The molecule has 2 aliphatic heterocycles. The summed E-state index contributed by atoms with van der Waals surface area (Å²) in [6, 6.07) is 7.60. The molecular formula is C38H38F8N6O5. The molecule has 0 spiro atoms. The highest BCUT2D eigenvalue weighted by molar-refractivity contribution is 6.01.